The average molecular weight is 120 g/mol. The Bertz CT molecular complexity index is 195. The molecule has 0 bridgehead atoms. The molecule has 2 heteroatoms. The van der Waals surface area contributed by atoms with Crippen molar-refractivity contribution in [2.45, 2.75) is 0 Å². The van der Waals surface area contributed by atoms with Gasteiger partial charge in [-0.15, -0.1) is 0 Å². The van der Waals surface area contributed by atoms with Gasteiger partial charge in [0.25, 0.3) is 0 Å². The van der Waals surface area contributed by atoms with Crippen molar-refractivity contribution in [3.63, 3.8) is 0 Å². The third-order valence-electron chi connectivity index (χ3n) is 1.20. The number of nitrogens with zero attached hydrogens (tertiary/aromatic N) is 2. The van der Waals surface area contributed by atoms with Gasteiger partial charge in [-0.2, -0.15) is 5.26 Å². The number of nitriles is 1. The number of allylic oxidation sites excluding steroid dienone is 2. The van der Waals surface area contributed by atoms with Gasteiger partial charge in [-0.3, -0.25) is 0 Å². The van der Waals surface area contributed by atoms with E-state index in [0.717, 1.165) is 12.1 Å². The molecule has 0 amide bonds. The molecule has 0 saturated carbocycles. The van der Waals surface area contributed by atoms with Gasteiger partial charge in [0.05, 0.1) is 12.6 Å². The smallest absolute Gasteiger partial charge is 0.0966 e. The third-order valence-corrected chi connectivity index (χ3v) is 1.20. The first-order chi connectivity index (χ1) is 4.33. The summed E-state index contributed by atoms with van der Waals surface area (Å²) in [5.74, 6) is 0. The maximum atomic E-state index is 8.43. The average Bonchev–Trinajstić information content (AvgIpc) is 1.88. The largest absolute Gasteiger partial charge is 0.375 e. The van der Waals surface area contributed by atoms with Crippen molar-refractivity contribution in [1.29, 1.82) is 5.26 Å². The molecule has 46 valence electrons. The minimum absolute atomic E-state index is 0.743. The van der Waals surface area contributed by atoms with Gasteiger partial charge >= 0.3 is 0 Å². The minimum Gasteiger partial charge on any atom is -0.375 e. The Balaban J connectivity index is 2.69. The molecule has 0 aliphatic carbocycles. The van der Waals surface area contributed by atoms with Crippen molar-refractivity contribution in [1.82, 2.24) is 4.90 Å². The number of likely N-dealkylation sites (N-methyl/N-ethyl adjacent to an activating group) is 1. The lowest BCUT2D eigenvalue weighted by Gasteiger charge is -2.14. The highest BCUT2D eigenvalue weighted by Gasteiger charge is 1.99. The maximum absolute atomic E-state index is 8.43. The van der Waals surface area contributed by atoms with Crippen molar-refractivity contribution in [3.8, 4) is 6.07 Å². The molecule has 2 nitrogen and oxygen atoms in total. The second kappa shape index (κ2) is 2.36. The molecule has 0 fully saturated rings. The highest BCUT2D eigenvalue weighted by atomic mass is 15.1. The number of hydrogen-bond donors (Lipinski definition) is 0. The molecule has 0 aromatic carbocycles. The van der Waals surface area contributed by atoms with E-state index in [1.165, 1.54) is 0 Å². The Morgan fingerprint density at radius 3 is 3.00 bits per heavy atom. The Labute approximate surface area is 54.7 Å². The van der Waals surface area contributed by atoms with Gasteiger partial charge in [0.15, 0.2) is 0 Å². The van der Waals surface area contributed by atoms with E-state index in [1.54, 1.807) is 0 Å². The molecule has 0 unspecified atom stereocenters. The second-order valence-electron chi connectivity index (χ2n) is 2.06. The van der Waals surface area contributed by atoms with Crippen LogP contribution in [0.1, 0.15) is 0 Å². The van der Waals surface area contributed by atoms with Crippen LogP contribution >= 0.6 is 0 Å². The molecular formula is C7H8N2. The SMILES string of the molecule is CN1C=CC=C(C#N)C1. The van der Waals surface area contributed by atoms with Crippen LogP contribution in [0.25, 0.3) is 0 Å². The predicted molar refractivity (Wildman–Crippen MR) is 35.5 cm³/mol. The van der Waals surface area contributed by atoms with E-state index >= 15 is 0 Å². The van der Waals surface area contributed by atoms with Crippen LogP contribution in [-0.2, 0) is 0 Å². The minimum atomic E-state index is 0.743. The number of rotatable bonds is 0. The monoisotopic (exact) mass is 120 g/mol. The molecule has 0 atom stereocenters. The second-order valence-corrected chi connectivity index (χ2v) is 2.06. The molecule has 1 aliphatic heterocycles. The van der Waals surface area contributed by atoms with Crippen LogP contribution in [0.5, 0.6) is 0 Å². The Kier molecular flexibility index (Phi) is 1.55. The first-order valence-corrected chi connectivity index (χ1v) is 2.80. The summed E-state index contributed by atoms with van der Waals surface area (Å²) in [4.78, 5) is 1.97. The molecule has 1 rings (SSSR count). The Morgan fingerprint density at radius 2 is 2.56 bits per heavy atom. The lowest BCUT2D eigenvalue weighted by molar-refractivity contribution is 0.496. The zero-order valence-electron chi connectivity index (χ0n) is 5.33. The van der Waals surface area contributed by atoms with Crippen LogP contribution in [0.4, 0.5) is 0 Å². The summed E-state index contributed by atoms with van der Waals surface area (Å²) < 4.78 is 0. The zero-order chi connectivity index (χ0) is 6.69. The summed E-state index contributed by atoms with van der Waals surface area (Å²) in [7, 11) is 1.95. The summed E-state index contributed by atoms with van der Waals surface area (Å²) in [6.07, 6.45) is 5.66. The summed E-state index contributed by atoms with van der Waals surface area (Å²) >= 11 is 0. The molecule has 0 spiro atoms. The highest BCUT2D eigenvalue weighted by Crippen LogP contribution is 2.02. The molecule has 9 heavy (non-hydrogen) atoms. The summed E-state index contributed by atoms with van der Waals surface area (Å²) in [6, 6.07) is 2.10. The van der Waals surface area contributed by atoms with E-state index in [1.807, 2.05) is 30.3 Å². The topological polar surface area (TPSA) is 27.0 Å². The van der Waals surface area contributed by atoms with E-state index in [9.17, 15) is 0 Å². The standard InChI is InChI=1S/C7H8N2/c1-9-4-2-3-7(5-8)6-9/h2-4H,6H2,1H3. The van der Waals surface area contributed by atoms with E-state index in [2.05, 4.69) is 6.07 Å². The van der Waals surface area contributed by atoms with Crippen molar-refractivity contribution in [3.05, 3.63) is 23.9 Å². The van der Waals surface area contributed by atoms with Gasteiger partial charge in [0.1, 0.15) is 0 Å². The normalized spacial score (nSPS) is 16.9. The van der Waals surface area contributed by atoms with E-state index in [4.69, 9.17) is 5.26 Å². The van der Waals surface area contributed by atoms with E-state index < -0.39 is 0 Å². The van der Waals surface area contributed by atoms with Crippen LogP contribution in [0, 0.1) is 11.3 Å². The fourth-order valence-corrected chi connectivity index (χ4v) is 0.753. The molecular weight excluding hydrogens is 112 g/mol. The van der Waals surface area contributed by atoms with E-state index in [0.29, 0.717) is 0 Å². The van der Waals surface area contributed by atoms with Gasteiger partial charge in [-0.25, -0.2) is 0 Å². The van der Waals surface area contributed by atoms with Crippen LogP contribution in [-0.4, -0.2) is 18.5 Å². The first kappa shape index (κ1) is 5.90. The van der Waals surface area contributed by atoms with Crippen molar-refractivity contribution < 1.29 is 0 Å². The zero-order valence-corrected chi connectivity index (χ0v) is 5.33. The van der Waals surface area contributed by atoms with Gasteiger partial charge in [0.2, 0.25) is 0 Å². The van der Waals surface area contributed by atoms with Crippen molar-refractivity contribution in [2.24, 2.45) is 0 Å². The molecule has 0 radical (unpaired) electrons. The molecule has 0 saturated heterocycles. The maximum Gasteiger partial charge on any atom is 0.0966 e. The van der Waals surface area contributed by atoms with Gasteiger partial charge < -0.3 is 4.90 Å². The molecule has 0 aromatic rings. The van der Waals surface area contributed by atoms with Crippen molar-refractivity contribution in [2.75, 3.05) is 13.6 Å². The fraction of sp³-hybridized carbons (Fsp3) is 0.286. The Morgan fingerprint density at radius 1 is 1.78 bits per heavy atom. The fourth-order valence-electron chi connectivity index (χ4n) is 0.753. The lowest BCUT2D eigenvalue weighted by atomic mass is 10.2. The van der Waals surface area contributed by atoms with Crippen LogP contribution < -0.4 is 0 Å². The summed E-state index contributed by atoms with van der Waals surface area (Å²) in [5, 5.41) is 8.43. The van der Waals surface area contributed by atoms with Gasteiger partial charge in [0, 0.05) is 12.6 Å². The molecule has 0 aromatic heterocycles. The first-order valence-electron chi connectivity index (χ1n) is 2.80. The quantitative estimate of drug-likeness (QED) is 0.474. The summed E-state index contributed by atoms with van der Waals surface area (Å²) in [6.45, 7) is 0.743. The van der Waals surface area contributed by atoms with E-state index in [-0.39, 0.29) is 0 Å². The number of hydrogen-bond acceptors (Lipinski definition) is 2. The van der Waals surface area contributed by atoms with Gasteiger partial charge in [-0.05, 0) is 18.4 Å². The summed E-state index contributed by atoms with van der Waals surface area (Å²) in [5.41, 5.74) is 0.819. The molecule has 1 aliphatic rings. The van der Waals surface area contributed by atoms with Gasteiger partial charge in [-0.1, -0.05) is 0 Å². The molecule has 0 N–H and O–H groups in total. The third kappa shape index (κ3) is 1.33. The van der Waals surface area contributed by atoms with Crippen LogP contribution in [0.3, 0.4) is 0 Å². The lowest BCUT2D eigenvalue weighted by Crippen LogP contribution is -2.15. The predicted octanol–water partition coefficient (Wildman–Crippen LogP) is 0.895. The van der Waals surface area contributed by atoms with Crippen LogP contribution in [0.15, 0.2) is 23.9 Å². The van der Waals surface area contributed by atoms with Crippen molar-refractivity contribution >= 4 is 0 Å². The Hall–Kier alpha value is -1.23. The highest BCUT2D eigenvalue weighted by molar-refractivity contribution is 5.29. The van der Waals surface area contributed by atoms with Crippen LogP contribution in [0.2, 0.25) is 0 Å². The molecule has 1 heterocycles.